The van der Waals surface area contributed by atoms with Crippen molar-refractivity contribution in [1.82, 2.24) is 14.5 Å². The van der Waals surface area contributed by atoms with Gasteiger partial charge in [0.05, 0.1) is 10.6 Å². The van der Waals surface area contributed by atoms with Crippen molar-refractivity contribution in [3.8, 4) is 0 Å². The van der Waals surface area contributed by atoms with E-state index >= 15 is 0 Å². The molecule has 0 saturated heterocycles. The molecule has 0 atom stereocenters. The fourth-order valence-corrected chi connectivity index (χ4v) is 4.57. The van der Waals surface area contributed by atoms with Crippen LogP contribution in [0.5, 0.6) is 0 Å². The Kier molecular flexibility index (Phi) is 4.96. The fraction of sp³-hybridized carbons (Fsp3) is 0.471. The van der Waals surface area contributed by atoms with Crippen LogP contribution in [0.1, 0.15) is 40.6 Å². The van der Waals surface area contributed by atoms with E-state index in [0.717, 1.165) is 40.2 Å². The molecule has 0 fully saturated rings. The van der Waals surface area contributed by atoms with Gasteiger partial charge < -0.3 is 0 Å². The summed E-state index contributed by atoms with van der Waals surface area (Å²) < 4.78 is 30.1. The average Bonchev–Trinajstić information content (AvgIpc) is 2.69. The number of hydrogen-bond donors (Lipinski definition) is 1. The molecule has 1 aromatic carbocycles. The lowest BCUT2D eigenvalue weighted by Crippen LogP contribution is -2.25. The summed E-state index contributed by atoms with van der Waals surface area (Å²) in [5.74, 6) is 0. The lowest BCUT2D eigenvalue weighted by molar-refractivity contribution is 0.579. The topological polar surface area (TPSA) is 64.0 Å². The van der Waals surface area contributed by atoms with Crippen LogP contribution in [0.2, 0.25) is 0 Å². The number of benzene rings is 1. The third-order valence-corrected chi connectivity index (χ3v) is 5.85. The Hall–Kier alpha value is -1.66. The van der Waals surface area contributed by atoms with Crippen molar-refractivity contribution < 1.29 is 8.42 Å². The van der Waals surface area contributed by atoms with Crippen molar-refractivity contribution in [3.05, 3.63) is 45.8 Å². The van der Waals surface area contributed by atoms with Crippen LogP contribution in [0.3, 0.4) is 0 Å². The second kappa shape index (κ2) is 6.45. The minimum atomic E-state index is -3.55. The maximum atomic E-state index is 12.7. The van der Waals surface area contributed by atoms with E-state index in [1.165, 1.54) is 0 Å². The van der Waals surface area contributed by atoms with Crippen molar-refractivity contribution in [2.45, 2.75) is 59.5 Å². The van der Waals surface area contributed by atoms with E-state index in [1.54, 1.807) is 0 Å². The molecule has 0 aliphatic heterocycles. The van der Waals surface area contributed by atoms with Gasteiger partial charge in [-0.3, -0.25) is 4.68 Å². The first-order chi connectivity index (χ1) is 10.7. The highest BCUT2D eigenvalue weighted by atomic mass is 32.2. The van der Waals surface area contributed by atoms with E-state index in [9.17, 15) is 8.42 Å². The van der Waals surface area contributed by atoms with Gasteiger partial charge in [0.25, 0.3) is 0 Å². The molecule has 0 aliphatic carbocycles. The minimum Gasteiger partial charge on any atom is -0.270 e. The van der Waals surface area contributed by atoms with Gasteiger partial charge >= 0.3 is 0 Å². The van der Waals surface area contributed by atoms with Crippen LogP contribution in [0, 0.1) is 34.6 Å². The molecule has 126 valence electrons. The molecule has 0 aliphatic rings. The predicted molar refractivity (Wildman–Crippen MR) is 92.1 cm³/mol. The monoisotopic (exact) mass is 335 g/mol. The highest BCUT2D eigenvalue weighted by Gasteiger charge is 2.21. The SMILES string of the molecule is CCn1nc(C)c(CNS(=O)(=O)c2c(C)cc(C)cc2C)c1C. The van der Waals surface area contributed by atoms with Gasteiger partial charge in [-0.15, -0.1) is 0 Å². The molecular formula is C17H25N3O2S. The minimum absolute atomic E-state index is 0.257. The van der Waals surface area contributed by atoms with Crippen LogP contribution in [0.15, 0.2) is 17.0 Å². The number of sulfonamides is 1. The highest BCUT2D eigenvalue weighted by Crippen LogP contribution is 2.22. The molecule has 1 aromatic heterocycles. The van der Waals surface area contributed by atoms with Crippen LogP contribution in [0.25, 0.3) is 0 Å². The molecule has 0 spiro atoms. The molecule has 2 aromatic rings. The largest absolute Gasteiger partial charge is 0.270 e. The molecule has 5 nitrogen and oxygen atoms in total. The molecule has 0 radical (unpaired) electrons. The first kappa shape index (κ1) is 17.7. The summed E-state index contributed by atoms with van der Waals surface area (Å²) >= 11 is 0. The van der Waals surface area contributed by atoms with Gasteiger partial charge in [-0.25, -0.2) is 13.1 Å². The number of aryl methyl sites for hydroxylation is 5. The summed E-state index contributed by atoms with van der Waals surface area (Å²) in [5.41, 5.74) is 5.42. The molecule has 1 heterocycles. The first-order valence-electron chi connectivity index (χ1n) is 7.77. The van der Waals surface area contributed by atoms with Gasteiger partial charge in [-0.1, -0.05) is 17.7 Å². The maximum Gasteiger partial charge on any atom is 0.241 e. The summed E-state index contributed by atoms with van der Waals surface area (Å²) in [7, 11) is -3.55. The van der Waals surface area contributed by atoms with Gasteiger partial charge in [-0.2, -0.15) is 5.10 Å². The molecule has 6 heteroatoms. The van der Waals surface area contributed by atoms with Crippen LogP contribution in [-0.2, 0) is 23.1 Å². The van der Waals surface area contributed by atoms with E-state index in [-0.39, 0.29) is 6.54 Å². The molecule has 1 N–H and O–H groups in total. The fourth-order valence-electron chi connectivity index (χ4n) is 3.13. The zero-order valence-electron chi connectivity index (χ0n) is 14.7. The standard InChI is InChI=1S/C17H25N3O2S/c1-7-20-15(6)16(14(5)19-20)10-18-23(21,22)17-12(3)8-11(2)9-13(17)4/h8-9,18H,7,10H2,1-6H3. The van der Waals surface area contributed by atoms with Crippen LogP contribution < -0.4 is 4.72 Å². The lowest BCUT2D eigenvalue weighted by atomic mass is 10.1. The molecule has 2 rings (SSSR count). The van der Waals surface area contributed by atoms with Gasteiger partial charge in [-0.05, 0) is 52.7 Å². The van der Waals surface area contributed by atoms with Crippen molar-refractivity contribution in [3.63, 3.8) is 0 Å². The zero-order valence-corrected chi connectivity index (χ0v) is 15.5. The van der Waals surface area contributed by atoms with Gasteiger partial charge in [0.2, 0.25) is 10.0 Å². The second-order valence-corrected chi connectivity index (χ2v) is 7.72. The summed E-state index contributed by atoms with van der Waals surface area (Å²) in [6.07, 6.45) is 0. The molecular weight excluding hydrogens is 310 g/mol. The first-order valence-corrected chi connectivity index (χ1v) is 9.26. The molecule has 23 heavy (non-hydrogen) atoms. The molecule has 0 amide bonds. The number of nitrogens with zero attached hydrogens (tertiary/aromatic N) is 2. The number of hydrogen-bond acceptors (Lipinski definition) is 3. The number of nitrogens with one attached hydrogen (secondary N) is 1. The van der Waals surface area contributed by atoms with Crippen LogP contribution in [-0.4, -0.2) is 18.2 Å². The third-order valence-electron chi connectivity index (χ3n) is 4.14. The highest BCUT2D eigenvalue weighted by molar-refractivity contribution is 7.89. The van der Waals surface area contributed by atoms with E-state index in [0.29, 0.717) is 4.90 Å². The van der Waals surface area contributed by atoms with Crippen LogP contribution >= 0.6 is 0 Å². The predicted octanol–water partition coefficient (Wildman–Crippen LogP) is 2.92. The van der Waals surface area contributed by atoms with E-state index in [4.69, 9.17) is 0 Å². The van der Waals surface area contributed by atoms with Gasteiger partial charge in [0.1, 0.15) is 0 Å². The molecule has 0 saturated carbocycles. The summed E-state index contributed by atoms with van der Waals surface area (Å²) in [4.78, 5) is 0.376. The van der Waals surface area contributed by atoms with Crippen molar-refractivity contribution >= 4 is 10.0 Å². The Labute approximate surface area is 138 Å². The van der Waals surface area contributed by atoms with E-state index in [2.05, 4.69) is 9.82 Å². The quantitative estimate of drug-likeness (QED) is 0.914. The third kappa shape index (κ3) is 3.48. The summed E-state index contributed by atoms with van der Waals surface area (Å²) in [5, 5.41) is 4.43. The Balaban J connectivity index is 2.32. The van der Waals surface area contributed by atoms with Crippen molar-refractivity contribution in [2.75, 3.05) is 0 Å². The molecule has 0 unspecified atom stereocenters. The Bertz CT molecular complexity index is 813. The Morgan fingerprint density at radius 1 is 1.09 bits per heavy atom. The van der Waals surface area contributed by atoms with Gasteiger partial charge in [0.15, 0.2) is 0 Å². The lowest BCUT2D eigenvalue weighted by Gasteiger charge is -2.13. The van der Waals surface area contributed by atoms with Crippen molar-refractivity contribution in [2.24, 2.45) is 0 Å². The Morgan fingerprint density at radius 2 is 1.65 bits per heavy atom. The zero-order chi connectivity index (χ0) is 17.4. The second-order valence-electron chi connectivity index (χ2n) is 6.02. The number of aromatic nitrogens is 2. The molecule has 0 bridgehead atoms. The van der Waals surface area contributed by atoms with E-state index in [1.807, 2.05) is 58.4 Å². The summed E-state index contributed by atoms with van der Waals surface area (Å²) in [6.45, 7) is 12.6. The maximum absolute atomic E-state index is 12.7. The normalized spacial score (nSPS) is 11.9. The smallest absolute Gasteiger partial charge is 0.241 e. The Morgan fingerprint density at radius 3 is 2.13 bits per heavy atom. The summed E-state index contributed by atoms with van der Waals surface area (Å²) in [6, 6.07) is 3.79. The van der Waals surface area contributed by atoms with E-state index < -0.39 is 10.0 Å². The van der Waals surface area contributed by atoms with Crippen molar-refractivity contribution in [1.29, 1.82) is 0 Å². The van der Waals surface area contributed by atoms with Crippen LogP contribution in [0.4, 0.5) is 0 Å². The van der Waals surface area contributed by atoms with Gasteiger partial charge in [0, 0.05) is 24.3 Å². The number of rotatable bonds is 5. The average molecular weight is 335 g/mol.